The van der Waals surface area contributed by atoms with Crippen LogP contribution in [0.3, 0.4) is 0 Å². The van der Waals surface area contributed by atoms with Crippen LogP contribution in [0, 0.1) is 5.92 Å². The third kappa shape index (κ3) is 51.3. The lowest BCUT2D eigenvalue weighted by atomic mass is 10.0. The normalized spacial score (nSPS) is 12.0. The van der Waals surface area contributed by atoms with E-state index >= 15 is 0 Å². The molecule has 6 heteroatoms. The molecule has 0 aromatic heterocycles. The van der Waals surface area contributed by atoms with Gasteiger partial charge < -0.3 is 14.2 Å². The van der Waals surface area contributed by atoms with E-state index in [0.29, 0.717) is 19.3 Å². The second kappa shape index (κ2) is 51.4. The van der Waals surface area contributed by atoms with Crippen LogP contribution in [-0.2, 0) is 28.6 Å². The van der Waals surface area contributed by atoms with Gasteiger partial charge in [-0.2, -0.15) is 0 Å². The standard InChI is InChI=1S/C57H110O6/c1-5-7-9-11-13-15-16-17-18-19-20-21-22-26-29-33-36-40-44-48-55(58)61-51-54(63-57(60)50-46-42-38-31-14-12-10-8-6-2)52-62-56(59)49-45-41-37-34-30-27-24-23-25-28-32-35-39-43-47-53(3)4/h53-54H,5-52H2,1-4H3/t54-/m1/s1. The first-order valence-corrected chi connectivity index (χ1v) is 28.4. The predicted octanol–water partition coefficient (Wildman–Crippen LogP) is 18.6. The molecule has 0 aliphatic rings. The Balaban J connectivity index is 4.18. The summed E-state index contributed by atoms with van der Waals surface area (Å²) in [4.78, 5) is 38.0. The molecule has 0 unspecified atom stereocenters. The Bertz CT molecular complexity index is 949. The Morgan fingerprint density at radius 1 is 0.302 bits per heavy atom. The molecular weight excluding hydrogens is 781 g/mol. The predicted molar refractivity (Wildman–Crippen MR) is 270 cm³/mol. The van der Waals surface area contributed by atoms with Gasteiger partial charge in [0.1, 0.15) is 13.2 Å². The molecule has 0 rings (SSSR count). The average molecular weight is 892 g/mol. The third-order valence-corrected chi connectivity index (χ3v) is 13.0. The van der Waals surface area contributed by atoms with Crippen LogP contribution in [0.1, 0.15) is 323 Å². The summed E-state index contributed by atoms with van der Waals surface area (Å²) in [5, 5.41) is 0. The van der Waals surface area contributed by atoms with Crippen molar-refractivity contribution in [3.63, 3.8) is 0 Å². The van der Waals surface area contributed by atoms with Crippen LogP contribution >= 0.6 is 0 Å². The van der Waals surface area contributed by atoms with Crippen LogP contribution in [0.2, 0.25) is 0 Å². The van der Waals surface area contributed by atoms with Crippen LogP contribution < -0.4 is 0 Å². The number of hydrogen-bond donors (Lipinski definition) is 0. The number of carbonyl (C=O) groups excluding carboxylic acids is 3. The van der Waals surface area contributed by atoms with Crippen molar-refractivity contribution < 1.29 is 28.6 Å². The Morgan fingerprint density at radius 3 is 0.778 bits per heavy atom. The fourth-order valence-electron chi connectivity index (χ4n) is 8.75. The summed E-state index contributed by atoms with van der Waals surface area (Å²) in [5.74, 6) is 0.00385. The largest absolute Gasteiger partial charge is 0.462 e. The summed E-state index contributed by atoms with van der Waals surface area (Å²) in [6.07, 6.45) is 55.3. The Kier molecular flexibility index (Phi) is 50.1. The summed E-state index contributed by atoms with van der Waals surface area (Å²) >= 11 is 0. The van der Waals surface area contributed by atoms with E-state index in [1.165, 1.54) is 218 Å². The van der Waals surface area contributed by atoms with Gasteiger partial charge in [0.2, 0.25) is 0 Å². The maximum Gasteiger partial charge on any atom is 0.306 e. The van der Waals surface area contributed by atoms with E-state index in [2.05, 4.69) is 27.7 Å². The first kappa shape index (κ1) is 61.4. The average Bonchev–Trinajstić information content (AvgIpc) is 3.27. The van der Waals surface area contributed by atoms with Crippen molar-refractivity contribution in [3.8, 4) is 0 Å². The minimum atomic E-state index is -0.760. The van der Waals surface area contributed by atoms with Gasteiger partial charge in [0.25, 0.3) is 0 Å². The van der Waals surface area contributed by atoms with Gasteiger partial charge in [0.05, 0.1) is 0 Å². The number of rotatable bonds is 52. The van der Waals surface area contributed by atoms with Crippen LogP contribution in [-0.4, -0.2) is 37.2 Å². The molecule has 374 valence electrons. The summed E-state index contributed by atoms with van der Waals surface area (Å²) in [6, 6.07) is 0. The lowest BCUT2D eigenvalue weighted by Crippen LogP contribution is -2.30. The van der Waals surface area contributed by atoms with Gasteiger partial charge >= 0.3 is 17.9 Å². The molecule has 0 amide bonds. The lowest BCUT2D eigenvalue weighted by Gasteiger charge is -2.18. The highest BCUT2D eigenvalue weighted by molar-refractivity contribution is 5.71. The number of carbonyl (C=O) groups is 3. The van der Waals surface area contributed by atoms with Crippen molar-refractivity contribution in [2.24, 2.45) is 5.92 Å². The molecule has 0 aromatic carbocycles. The van der Waals surface area contributed by atoms with Crippen molar-refractivity contribution in [1.29, 1.82) is 0 Å². The SMILES string of the molecule is CCCCCCCCCCCCCCCCCCCCCC(=O)OC[C@H](COC(=O)CCCCCCCCCCCCCCCCC(C)C)OC(=O)CCCCCCCCCCC. The zero-order chi connectivity index (χ0) is 45.9. The molecule has 0 spiro atoms. The van der Waals surface area contributed by atoms with Gasteiger partial charge in [-0.05, 0) is 25.2 Å². The number of esters is 3. The number of hydrogen-bond acceptors (Lipinski definition) is 6. The van der Waals surface area contributed by atoms with Gasteiger partial charge in [-0.15, -0.1) is 0 Å². The molecule has 6 nitrogen and oxygen atoms in total. The molecule has 63 heavy (non-hydrogen) atoms. The fourth-order valence-corrected chi connectivity index (χ4v) is 8.75. The maximum atomic E-state index is 12.8. The van der Waals surface area contributed by atoms with Crippen LogP contribution in [0.4, 0.5) is 0 Å². The highest BCUT2D eigenvalue weighted by Gasteiger charge is 2.19. The highest BCUT2D eigenvalue weighted by Crippen LogP contribution is 2.18. The Morgan fingerprint density at radius 2 is 0.524 bits per heavy atom. The minimum Gasteiger partial charge on any atom is -0.462 e. The summed E-state index contributed by atoms with van der Waals surface area (Å²) in [6.45, 7) is 9.04. The van der Waals surface area contributed by atoms with Crippen molar-refractivity contribution in [2.75, 3.05) is 13.2 Å². The van der Waals surface area contributed by atoms with E-state index in [0.717, 1.165) is 63.7 Å². The molecule has 0 aliphatic heterocycles. The van der Waals surface area contributed by atoms with E-state index in [9.17, 15) is 14.4 Å². The second-order valence-electron chi connectivity index (χ2n) is 20.1. The summed E-state index contributed by atoms with van der Waals surface area (Å²) in [7, 11) is 0. The minimum absolute atomic E-state index is 0.0623. The van der Waals surface area contributed by atoms with Crippen molar-refractivity contribution in [3.05, 3.63) is 0 Å². The van der Waals surface area contributed by atoms with Crippen molar-refractivity contribution in [1.82, 2.24) is 0 Å². The summed E-state index contributed by atoms with van der Waals surface area (Å²) in [5.41, 5.74) is 0. The molecule has 0 radical (unpaired) electrons. The van der Waals surface area contributed by atoms with Gasteiger partial charge in [-0.3, -0.25) is 14.4 Å². The van der Waals surface area contributed by atoms with Crippen LogP contribution in [0.5, 0.6) is 0 Å². The quantitative estimate of drug-likeness (QED) is 0.0344. The van der Waals surface area contributed by atoms with Crippen LogP contribution in [0.15, 0.2) is 0 Å². The molecule has 0 aliphatic carbocycles. The van der Waals surface area contributed by atoms with Gasteiger partial charge in [-0.25, -0.2) is 0 Å². The zero-order valence-corrected chi connectivity index (χ0v) is 43.0. The highest BCUT2D eigenvalue weighted by atomic mass is 16.6. The topological polar surface area (TPSA) is 78.9 Å². The van der Waals surface area contributed by atoms with Gasteiger partial charge in [-0.1, -0.05) is 285 Å². The Hall–Kier alpha value is -1.59. The van der Waals surface area contributed by atoms with E-state index in [1.54, 1.807) is 0 Å². The fraction of sp³-hybridized carbons (Fsp3) is 0.947. The third-order valence-electron chi connectivity index (χ3n) is 13.0. The number of ether oxygens (including phenoxy) is 3. The molecule has 0 N–H and O–H groups in total. The monoisotopic (exact) mass is 891 g/mol. The second-order valence-corrected chi connectivity index (χ2v) is 20.1. The molecule has 0 fully saturated rings. The molecule has 0 aromatic rings. The molecular formula is C57H110O6. The lowest BCUT2D eigenvalue weighted by molar-refractivity contribution is -0.167. The molecule has 0 saturated heterocycles. The molecule has 0 bridgehead atoms. The first-order chi connectivity index (χ1) is 30.9. The maximum absolute atomic E-state index is 12.8. The van der Waals surface area contributed by atoms with E-state index in [-0.39, 0.29) is 31.1 Å². The van der Waals surface area contributed by atoms with E-state index < -0.39 is 6.10 Å². The summed E-state index contributed by atoms with van der Waals surface area (Å²) < 4.78 is 16.8. The van der Waals surface area contributed by atoms with E-state index in [1.807, 2.05) is 0 Å². The van der Waals surface area contributed by atoms with Crippen molar-refractivity contribution in [2.45, 2.75) is 329 Å². The van der Waals surface area contributed by atoms with Gasteiger partial charge in [0.15, 0.2) is 6.10 Å². The number of unbranched alkanes of at least 4 members (excludes halogenated alkanes) is 39. The van der Waals surface area contributed by atoms with Gasteiger partial charge in [0, 0.05) is 19.3 Å². The molecule has 0 heterocycles. The van der Waals surface area contributed by atoms with Crippen LogP contribution in [0.25, 0.3) is 0 Å². The first-order valence-electron chi connectivity index (χ1n) is 28.4. The van der Waals surface area contributed by atoms with Crippen molar-refractivity contribution >= 4 is 17.9 Å². The molecule has 0 saturated carbocycles. The smallest absolute Gasteiger partial charge is 0.306 e. The van der Waals surface area contributed by atoms with E-state index in [4.69, 9.17) is 14.2 Å². The Labute approximate surface area is 393 Å². The molecule has 1 atom stereocenters. The zero-order valence-electron chi connectivity index (χ0n) is 43.0.